The van der Waals surface area contributed by atoms with Crippen LogP contribution in [0, 0.1) is 6.92 Å². The lowest BCUT2D eigenvalue weighted by Crippen LogP contribution is -2.08. The topological polar surface area (TPSA) is 22.1 Å². The number of nitrogens with zero attached hydrogens (tertiary/aromatic N) is 1. The molecule has 1 unspecified atom stereocenters. The Morgan fingerprint density at radius 2 is 2.17 bits per heavy atom. The van der Waals surface area contributed by atoms with Crippen molar-refractivity contribution in [2.45, 2.75) is 52.1 Å². The standard InChI is InChI=1S/C20H29NOS/c1-5-11-20(22-4)15-14-17(2)12-9-7-6-8-10-13-19-16-23-18(3)21-19/h5,7,9-10,12-13,16,20H,1,6,8,11,14-15H2,2-4H3/b9-7-,13-10-,17-12+. The molecule has 0 aliphatic rings. The summed E-state index contributed by atoms with van der Waals surface area (Å²) in [6.07, 6.45) is 18.2. The van der Waals surface area contributed by atoms with Crippen LogP contribution in [0.2, 0.25) is 0 Å². The van der Waals surface area contributed by atoms with Crippen LogP contribution in [0.4, 0.5) is 0 Å². The summed E-state index contributed by atoms with van der Waals surface area (Å²) in [5.74, 6) is 0. The molecule has 1 aromatic rings. The van der Waals surface area contributed by atoms with E-state index < -0.39 is 0 Å². The number of aryl methyl sites for hydroxylation is 1. The second-order valence-corrected chi connectivity index (χ2v) is 6.70. The summed E-state index contributed by atoms with van der Waals surface area (Å²) >= 11 is 1.69. The molecular weight excluding hydrogens is 302 g/mol. The maximum Gasteiger partial charge on any atom is 0.0901 e. The highest BCUT2D eigenvalue weighted by atomic mass is 32.1. The van der Waals surface area contributed by atoms with Crippen LogP contribution in [0.25, 0.3) is 6.08 Å². The molecule has 0 fully saturated rings. The molecule has 0 N–H and O–H groups in total. The number of ether oxygens (including phenoxy) is 1. The molecule has 0 saturated heterocycles. The Kier molecular flexibility index (Phi) is 10.3. The van der Waals surface area contributed by atoms with Crippen molar-refractivity contribution in [1.82, 2.24) is 4.98 Å². The first-order valence-electron chi connectivity index (χ1n) is 8.20. The summed E-state index contributed by atoms with van der Waals surface area (Å²) in [7, 11) is 1.77. The molecule has 0 aliphatic heterocycles. The molecular formula is C20H29NOS. The van der Waals surface area contributed by atoms with Gasteiger partial charge in [-0.15, -0.1) is 17.9 Å². The predicted molar refractivity (Wildman–Crippen MR) is 103 cm³/mol. The number of allylic oxidation sites excluding steroid dienone is 5. The van der Waals surface area contributed by atoms with Gasteiger partial charge in [-0.1, -0.05) is 36.0 Å². The van der Waals surface area contributed by atoms with Crippen LogP contribution < -0.4 is 0 Å². The highest BCUT2D eigenvalue weighted by Crippen LogP contribution is 2.12. The van der Waals surface area contributed by atoms with Gasteiger partial charge in [0.2, 0.25) is 0 Å². The van der Waals surface area contributed by atoms with Crippen LogP contribution in [-0.2, 0) is 4.74 Å². The fraction of sp³-hybridized carbons (Fsp3) is 0.450. The molecule has 0 bridgehead atoms. The third-order valence-corrected chi connectivity index (χ3v) is 4.36. The third kappa shape index (κ3) is 9.32. The number of aromatic nitrogens is 1. The van der Waals surface area contributed by atoms with Crippen LogP contribution >= 0.6 is 11.3 Å². The van der Waals surface area contributed by atoms with Crippen LogP contribution in [0.1, 0.15) is 49.7 Å². The molecule has 0 saturated carbocycles. The molecule has 0 spiro atoms. The van der Waals surface area contributed by atoms with Gasteiger partial charge < -0.3 is 4.74 Å². The second-order valence-electron chi connectivity index (χ2n) is 5.63. The summed E-state index contributed by atoms with van der Waals surface area (Å²) in [6.45, 7) is 7.98. The first-order chi connectivity index (χ1) is 11.2. The first-order valence-corrected chi connectivity index (χ1v) is 9.08. The zero-order chi connectivity index (χ0) is 16.9. The minimum atomic E-state index is 0.291. The van der Waals surface area contributed by atoms with Crippen molar-refractivity contribution in [1.29, 1.82) is 0 Å². The molecule has 126 valence electrons. The van der Waals surface area contributed by atoms with Gasteiger partial charge in [0, 0.05) is 12.5 Å². The van der Waals surface area contributed by atoms with Crippen LogP contribution in [-0.4, -0.2) is 18.2 Å². The van der Waals surface area contributed by atoms with Crippen LogP contribution in [0.5, 0.6) is 0 Å². The van der Waals surface area contributed by atoms with E-state index in [1.165, 1.54) is 5.57 Å². The van der Waals surface area contributed by atoms with Gasteiger partial charge in [-0.3, -0.25) is 0 Å². The number of hydrogen-bond donors (Lipinski definition) is 0. The smallest absolute Gasteiger partial charge is 0.0901 e. The van der Waals surface area contributed by atoms with Gasteiger partial charge in [-0.2, -0.15) is 0 Å². The summed E-state index contributed by atoms with van der Waals surface area (Å²) < 4.78 is 5.42. The molecule has 0 amide bonds. The Balaban J connectivity index is 2.20. The van der Waals surface area contributed by atoms with Gasteiger partial charge >= 0.3 is 0 Å². The SMILES string of the molecule is C=CCC(CC/C(C)=C/C=C\CC/C=C\c1csc(C)n1)OC. The number of thiazole rings is 1. The van der Waals surface area contributed by atoms with E-state index >= 15 is 0 Å². The average Bonchev–Trinajstić information content (AvgIpc) is 2.95. The van der Waals surface area contributed by atoms with Gasteiger partial charge in [-0.25, -0.2) is 4.98 Å². The first kappa shape index (κ1) is 19.6. The molecule has 1 heterocycles. The fourth-order valence-electron chi connectivity index (χ4n) is 2.17. The van der Waals surface area contributed by atoms with Gasteiger partial charge in [0.1, 0.15) is 0 Å². The highest BCUT2D eigenvalue weighted by Gasteiger charge is 2.04. The lowest BCUT2D eigenvalue weighted by Gasteiger charge is -2.12. The van der Waals surface area contributed by atoms with Gasteiger partial charge in [0.15, 0.2) is 0 Å². The van der Waals surface area contributed by atoms with E-state index in [4.69, 9.17) is 4.74 Å². The van der Waals surface area contributed by atoms with Crippen molar-refractivity contribution >= 4 is 17.4 Å². The largest absolute Gasteiger partial charge is 0.381 e. The molecule has 0 radical (unpaired) electrons. The number of hydrogen-bond acceptors (Lipinski definition) is 3. The molecule has 3 heteroatoms. The molecule has 0 aliphatic carbocycles. The van der Waals surface area contributed by atoms with Crippen molar-refractivity contribution in [2.75, 3.05) is 7.11 Å². The molecule has 1 aromatic heterocycles. The summed E-state index contributed by atoms with van der Waals surface area (Å²) in [6, 6.07) is 0. The summed E-state index contributed by atoms with van der Waals surface area (Å²) in [5, 5.41) is 3.21. The monoisotopic (exact) mass is 331 g/mol. The van der Waals surface area contributed by atoms with E-state index in [0.29, 0.717) is 6.10 Å². The van der Waals surface area contributed by atoms with Crippen molar-refractivity contribution in [3.63, 3.8) is 0 Å². The molecule has 23 heavy (non-hydrogen) atoms. The number of unbranched alkanes of at least 4 members (excludes halogenated alkanes) is 1. The van der Waals surface area contributed by atoms with E-state index in [-0.39, 0.29) is 0 Å². The van der Waals surface area contributed by atoms with Gasteiger partial charge in [0.05, 0.1) is 16.8 Å². The lowest BCUT2D eigenvalue weighted by molar-refractivity contribution is 0.0981. The number of methoxy groups -OCH3 is 1. The van der Waals surface area contributed by atoms with Crippen LogP contribution in [0.15, 0.2) is 47.9 Å². The predicted octanol–water partition coefficient (Wildman–Crippen LogP) is 6.12. The maximum absolute atomic E-state index is 5.42. The second kappa shape index (κ2) is 12.0. The Hall–Kier alpha value is -1.45. The minimum Gasteiger partial charge on any atom is -0.381 e. The molecule has 1 rings (SSSR count). The van der Waals surface area contributed by atoms with E-state index in [1.807, 2.05) is 13.0 Å². The summed E-state index contributed by atoms with van der Waals surface area (Å²) in [4.78, 5) is 4.41. The normalized spacial score (nSPS) is 14.0. The van der Waals surface area contributed by atoms with E-state index in [0.717, 1.165) is 42.8 Å². The molecule has 2 nitrogen and oxygen atoms in total. The van der Waals surface area contributed by atoms with Gasteiger partial charge in [-0.05, 0) is 52.0 Å². The third-order valence-electron chi connectivity index (χ3n) is 3.57. The zero-order valence-corrected chi connectivity index (χ0v) is 15.4. The van der Waals surface area contributed by atoms with Crippen molar-refractivity contribution < 1.29 is 4.74 Å². The quantitative estimate of drug-likeness (QED) is 0.277. The highest BCUT2D eigenvalue weighted by molar-refractivity contribution is 7.09. The Bertz CT molecular complexity index is 540. The lowest BCUT2D eigenvalue weighted by atomic mass is 10.1. The fourth-order valence-corrected chi connectivity index (χ4v) is 2.75. The zero-order valence-electron chi connectivity index (χ0n) is 14.6. The minimum absolute atomic E-state index is 0.291. The Morgan fingerprint density at radius 3 is 2.83 bits per heavy atom. The molecule has 0 aromatic carbocycles. The van der Waals surface area contributed by atoms with E-state index in [1.54, 1.807) is 18.4 Å². The van der Waals surface area contributed by atoms with Crippen molar-refractivity contribution in [3.8, 4) is 0 Å². The Labute approximate surface area is 145 Å². The van der Waals surface area contributed by atoms with E-state index in [9.17, 15) is 0 Å². The van der Waals surface area contributed by atoms with Crippen molar-refractivity contribution in [2.24, 2.45) is 0 Å². The average molecular weight is 332 g/mol. The maximum atomic E-state index is 5.42. The molecule has 1 atom stereocenters. The van der Waals surface area contributed by atoms with Crippen molar-refractivity contribution in [3.05, 3.63) is 58.6 Å². The Morgan fingerprint density at radius 1 is 1.39 bits per heavy atom. The van der Waals surface area contributed by atoms with Gasteiger partial charge in [0.25, 0.3) is 0 Å². The van der Waals surface area contributed by atoms with E-state index in [2.05, 4.69) is 54.2 Å². The van der Waals surface area contributed by atoms with Crippen LogP contribution in [0.3, 0.4) is 0 Å². The summed E-state index contributed by atoms with van der Waals surface area (Å²) in [5.41, 5.74) is 2.46. The number of rotatable bonds is 11.